The second kappa shape index (κ2) is 6.52. The fourth-order valence-electron chi connectivity index (χ4n) is 4.09. The number of aromatic nitrogens is 1. The molecule has 1 aromatic heterocycles. The van der Waals surface area contributed by atoms with E-state index >= 15 is 0 Å². The summed E-state index contributed by atoms with van der Waals surface area (Å²) in [5.41, 5.74) is 4.41. The fourth-order valence-corrected chi connectivity index (χ4v) is 4.09. The Morgan fingerprint density at radius 2 is 1.88 bits per heavy atom. The molecule has 134 valence electrons. The van der Waals surface area contributed by atoms with E-state index in [0.717, 1.165) is 24.2 Å². The molecule has 2 aromatic carbocycles. The number of nitrogens with one attached hydrogen (secondary N) is 1. The zero-order valence-corrected chi connectivity index (χ0v) is 15.5. The second-order valence-electron chi connectivity index (χ2n) is 7.23. The monoisotopic (exact) mass is 348 g/mol. The van der Waals surface area contributed by atoms with Crippen molar-refractivity contribution in [1.29, 1.82) is 0 Å². The van der Waals surface area contributed by atoms with Crippen LogP contribution in [0.1, 0.15) is 41.5 Å². The number of hydrogen-bond acceptors (Lipinski definition) is 2. The third-order valence-electron chi connectivity index (χ3n) is 5.31. The van der Waals surface area contributed by atoms with Crippen molar-refractivity contribution in [2.24, 2.45) is 5.92 Å². The van der Waals surface area contributed by atoms with Crippen LogP contribution in [-0.4, -0.2) is 29.4 Å². The number of ether oxygens (including phenoxy) is 1. The molecule has 3 aromatic rings. The lowest BCUT2D eigenvalue weighted by Crippen LogP contribution is -2.42. The van der Waals surface area contributed by atoms with Gasteiger partial charge in [0.1, 0.15) is 5.75 Å². The first-order valence-electron chi connectivity index (χ1n) is 9.14. The van der Waals surface area contributed by atoms with Crippen LogP contribution in [0, 0.1) is 5.92 Å². The predicted molar refractivity (Wildman–Crippen MR) is 104 cm³/mol. The summed E-state index contributed by atoms with van der Waals surface area (Å²) in [6.07, 6.45) is 0.879. The highest BCUT2D eigenvalue weighted by atomic mass is 16.5. The summed E-state index contributed by atoms with van der Waals surface area (Å²) in [6, 6.07) is 15.8. The van der Waals surface area contributed by atoms with E-state index in [1.54, 1.807) is 7.11 Å². The van der Waals surface area contributed by atoms with Gasteiger partial charge in [0, 0.05) is 28.7 Å². The molecule has 0 fully saturated rings. The smallest absolute Gasteiger partial charge is 0.254 e. The van der Waals surface area contributed by atoms with E-state index in [1.165, 1.54) is 16.6 Å². The lowest BCUT2D eigenvalue weighted by molar-refractivity contribution is 0.0598. The molecule has 4 rings (SSSR count). The van der Waals surface area contributed by atoms with Crippen LogP contribution in [0.15, 0.2) is 48.5 Å². The van der Waals surface area contributed by atoms with Crippen molar-refractivity contribution >= 4 is 16.8 Å². The Labute approximate surface area is 153 Å². The number of rotatable bonds is 3. The van der Waals surface area contributed by atoms with E-state index < -0.39 is 0 Å². The summed E-state index contributed by atoms with van der Waals surface area (Å²) in [7, 11) is 1.63. The van der Waals surface area contributed by atoms with Gasteiger partial charge in [0.05, 0.1) is 13.2 Å². The molecular weight excluding hydrogens is 324 g/mol. The van der Waals surface area contributed by atoms with Crippen molar-refractivity contribution in [2.75, 3.05) is 13.7 Å². The van der Waals surface area contributed by atoms with Crippen LogP contribution in [-0.2, 0) is 6.42 Å². The van der Waals surface area contributed by atoms with E-state index in [4.69, 9.17) is 4.74 Å². The first kappa shape index (κ1) is 16.7. The molecule has 0 aliphatic carbocycles. The minimum atomic E-state index is 0.0563. The average Bonchev–Trinajstić information content (AvgIpc) is 3.05. The number of carbonyl (C=O) groups excluding carboxylic acids is 1. The number of methoxy groups -OCH3 is 1. The Kier molecular flexibility index (Phi) is 4.19. The lowest BCUT2D eigenvalue weighted by Gasteiger charge is -2.38. The van der Waals surface area contributed by atoms with E-state index in [0.29, 0.717) is 11.5 Å². The molecule has 4 heteroatoms. The molecule has 1 amide bonds. The van der Waals surface area contributed by atoms with Crippen molar-refractivity contribution in [3.8, 4) is 5.75 Å². The van der Waals surface area contributed by atoms with Crippen molar-refractivity contribution < 1.29 is 9.53 Å². The van der Waals surface area contributed by atoms with Crippen LogP contribution in [0.25, 0.3) is 10.9 Å². The molecule has 0 radical (unpaired) electrons. The average molecular weight is 348 g/mol. The quantitative estimate of drug-likeness (QED) is 0.753. The molecule has 1 aliphatic rings. The summed E-state index contributed by atoms with van der Waals surface area (Å²) in [6.45, 7) is 5.10. The van der Waals surface area contributed by atoms with E-state index in [9.17, 15) is 4.79 Å². The third kappa shape index (κ3) is 2.66. The topological polar surface area (TPSA) is 45.3 Å². The summed E-state index contributed by atoms with van der Waals surface area (Å²) in [5, 5.41) is 1.28. The number of fused-ring (bicyclic) bond motifs is 3. The van der Waals surface area contributed by atoms with Crippen LogP contribution in [0.5, 0.6) is 5.75 Å². The van der Waals surface area contributed by atoms with Crippen molar-refractivity contribution in [3.05, 3.63) is 65.4 Å². The van der Waals surface area contributed by atoms with Crippen LogP contribution >= 0.6 is 0 Å². The van der Waals surface area contributed by atoms with Gasteiger partial charge in [0.25, 0.3) is 5.91 Å². The molecule has 1 atom stereocenters. The van der Waals surface area contributed by atoms with Crippen molar-refractivity contribution in [1.82, 2.24) is 9.88 Å². The van der Waals surface area contributed by atoms with Gasteiger partial charge in [-0.15, -0.1) is 0 Å². The Balaban J connectivity index is 1.73. The minimum Gasteiger partial charge on any atom is -0.497 e. The van der Waals surface area contributed by atoms with Crippen LogP contribution < -0.4 is 4.74 Å². The maximum atomic E-state index is 13.2. The minimum absolute atomic E-state index is 0.0563. The van der Waals surface area contributed by atoms with E-state index in [-0.39, 0.29) is 11.9 Å². The number of amides is 1. The standard InChI is InChI=1S/C22H24N2O2/c1-14(2)21-20-18(17-6-4-5-7-19(17)23-20)12-13-24(21)22(25)15-8-10-16(26-3)11-9-15/h4-11,14,21,23H,12-13H2,1-3H3/t21-/m1/s1. The molecular formula is C22H24N2O2. The molecule has 0 saturated heterocycles. The Morgan fingerprint density at radius 1 is 1.15 bits per heavy atom. The summed E-state index contributed by atoms with van der Waals surface area (Å²) >= 11 is 0. The normalized spacial score (nSPS) is 16.8. The number of carbonyl (C=O) groups is 1. The fraction of sp³-hybridized carbons (Fsp3) is 0.318. The number of para-hydroxylation sites is 1. The van der Waals surface area contributed by atoms with Crippen molar-refractivity contribution in [2.45, 2.75) is 26.3 Å². The number of aromatic amines is 1. The molecule has 1 aliphatic heterocycles. The molecule has 0 bridgehead atoms. The first-order chi connectivity index (χ1) is 12.6. The Hall–Kier alpha value is -2.75. The highest BCUT2D eigenvalue weighted by Gasteiger charge is 2.35. The SMILES string of the molecule is COc1ccc(C(=O)N2CCc3c([nH]c4ccccc34)[C@H]2C(C)C)cc1. The largest absolute Gasteiger partial charge is 0.497 e. The van der Waals surface area contributed by atoms with Gasteiger partial charge in [-0.25, -0.2) is 0 Å². The van der Waals surface area contributed by atoms with Gasteiger partial charge in [-0.05, 0) is 48.2 Å². The highest BCUT2D eigenvalue weighted by Crippen LogP contribution is 2.39. The molecule has 0 unspecified atom stereocenters. The Morgan fingerprint density at radius 3 is 2.58 bits per heavy atom. The maximum absolute atomic E-state index is 13.2. The highest BCUT2D eigenvalue weighted by molar-refractivity contribution is 5.95. The van der Waals surface area contributed by atoms with Crippen LogP contribution in [0.2, 0.25) is 0 Å². The van der Waals surface area contributed by atoms with Crippen molar-refractivity contribution in [3.63, 3.8) is 0 Å². The number of H-pyrrole nitrogens is 1. The lowest BCUT2D eigenvalue weighted by atomic mass is 9.90. The Bertz CT molecular complexity index is 940. The molecule has 0 saturated carbocycles. The zero-order valence-electron chi connectivity index (χ0n) is 15.5. The molecule has 26 heavy (non-hydrogen) atoms. The van der Waals surface area contributed by atoms with E-state index in [2.05, 4.69) is 43.1 Å². The van der Waals surface area contributed by atoms with E-state index in [1.807, 2.05) is 29.2 Å². The summed E-state index contributed by atoms with van der Waals surface area (Å²) in [5.74, 6) is 1.17. The maximum Gasteiger partial charge on any atom is 0.254 e. The second-order valence-corrected chi connectivity index (χ2v) is 7.23. The van der Waals surface area contributed by atoms with Gasteiger partial charge in [-0.2, -0.15) is 0 Å². The summed E-state index contributed by atoms with van der Waals surface area (Å²) in [4.78, 5) is 18.8. The number of benzene rings is 2. The first-order valence-corrected chi connectivity index (χ1v) is 9.14. The third-order valence-corrected chi connectivity index (χ3v) is 5.31. The zero-order chi connectivity index (χ0) is 18.3. The number of nitrogens with zero attached hydrogens (tertiary/aromatic N) is 1. The molecule has 0 spiro atoms. The molecule has 4 nitrogen and oxygen atoms in total. The van der Waals surface area contributed by atoms with Crippen LogP contribution in [0.3, 0.4) is 0 Å². The summed E-state index contributed by atoms with van der Waals surface area (Å²) < 4.78 is 5.20. The van der Waals surface area contributed by atoms with Crippen LogP contribution in [0.4, 0.5) is 0 Å². The number of hydrogen-bond donors (Lipinski definition) is 1. The van der Waals surface area contributed by atoms with Gasteiger partial charge >= 0.3 is 0 Å². The van der Waals surface area contributed by atoms with Gasteiger partial charge < -0.3 is 14.6 Å². The molecule has 2 heterocycles. The van der Waals surface area contributed by atoms with Gasteiger partial charge in [-0.1, -0.05) is 32.0 Å². The van der Waals surface area contributed by atoms with Gasteiger partial charge in [0.2, 0.25) is 0 Å². The molecule has 1 N–H and O–H groups in total. The van der Waals surface area contributed by atoms with Gasteiger partial charge in [0.15, 0.2) is 0 Å². The van der Waals surface area contributed by atoms with Gasteiger partial charge in [-0.3, -0.25) is 4.79 Å². The predicted octanol–water partition coefficient (Wildman–Crippen LogP) is 4.57.